The summed E-state index contributed by atoms with van der Waals surface area (Å²) in [5.41, 5.74) is 1.35. The summed E-state index contributed by atoms with van der Waals surface area (Å²) in [7, 11) is 2.03. The van der Waals surface area contributed by atoms with E-state index in [0.29, 0.717) is 30.0 Å². The van der Waals surface area contributed by atoms with E-state index in [1.807, 2.05) is 24.1 Å². The third-order valence-electron chi connectivity index (χ3n) is 8.05. The van der Waals surface area contributed by atoms with Crippen LogP contribution in [-0.4, -0.2) is 58.1 Å². The fourth-order valence-corrected chi connectivity index (χ4v) is 6.05. The molecule has 3 aliphatic rings. The van der Waals surface area contributed by atoms with Crippen LogP contribution in [0.2, 0.25) is 0 Å². The third-order valence-corrected chi connectivity index (χ3v) is 8.05. The van der Waals surface area contributed by atoms with Gasteiger partial charge in [-0.05, 0) is 62.7 Å². The molecule has 2 aromatic heterocycles. The minimum atomic E-state index is -4.47. The van der Waals surface area contributed by atoms with Crippen molar-refractivity contribution in [3.05, 3.63) is 54.4 Å². The number of likely N-dealkylation sites (tertiary alicyclic amines) is 1. The highest BCUT2D eigenvalue weighted by Crippen LogP contribution is 2.43. The summed E-state index contributed by atoms with van der Waals surface area (Å²) in [6, 6.07) is 10.9. The lowest BCUT2D eigenvalue weighted by Gasteiger charge is -2.35. The minimum Gasteiger partial charge on any atom is -0.367 e. The molecule has 7 nitrogen and oxygen atoms in total. The second kappa shape index (κ2) is 10.1. The first kappa shape index (κ1) is 24.9. The molecule has 0 radical (unpaired) electrons. The van der Waals surface area contributed by atoms with Crippen molar-refractivity contribution in [1.82, 2.24) is 19.9 Å². The van der Waals surface area contributed by atoms with Crippen LogP contribution in [0.25, 0.3) is 11.3 Å². The Morgan fingerprint density at radius 2 is 1.79 bits per heavy atom. The molecule has 200 valence electrons. The second-order valence-electron chi connectivity index (χ2n) is 10.7. The summed E-state index contributed by atoms with van der Waals surface area (Å²) >= 11 is 0. The van der Waals surface area contributed by atoms with Gasteiger partial charge in [-0.2, -0.15) is 13.2 Å². The van der Waals surface area contributed by atoms with Crippen molar-refractivity contribution < 1.29 is 13.2 Å². The van der Waals surface area contributed by atoms with Gasteiger partial charge in [-0.3, -0.25) is 4.90 Å². The number of rotatable bonds is 6. The van der Waals surface area contributed by atoms with E-state index in [9.17, 15) is 13.2 Å². The lowest BCUT2D eigenvalue weighted by atomic mass is 9.95. The van der Waals surface area contributed by atoms with Gasteiger partial charge in [0.2, 0.25) is 5.95 Å². The van der Waals surface area contributed by atoms with E-state index < -0.39 is 11.7 Å². The van der Waals surface area contributed by atoms with Crippen LogP contribution in [0, 0.1) is 0 Å². The number of nitrogens with zero attached hydrogens (tertiary/aromatic N) is 5. The van der Waals surface area contributed by atoms with Crippen molar-refractivity contribution in [1.29, 1.82) is 0 Å². The molecule has 2 aliphatic heterocycles. The van der Waals surface area contributed by atoms with Gasteiger partial charge in [-0.1, -0.05) is 19.3 Å². The highest BCUT2D eigenvalue weighted by molar-refractivity contribution is 5.67. The molecule has 0 spiro atoms. The summed E-state index contributed by atoms with van der Waals surface area (Å²) < 4.78 is 42.3. The number of piperazine rings is 1. The number of benzene rings is 1. The molecule has 3 aromatic rings. The van der Waals surface area contributed by atoms with Crippen molar-refractivity contribution in [2.24, 2.45) is 0 Å². The van der Waals surface area contributed by atoms with E-state index in [4.69, 9.17) is 0 Å². The highest BCUT2D eigenvalue weighted by atomic mass is 19.4. The Balaban J connectivity index is 1.19. The molecule has 6 rings (SSSR count). The standard InChI is InChI=1S/C28H32F3N7/c1-37-16-22-14-21(37)17-38(22)25-9-8-20(13-23(25)28(29,30)31)35-27-32-12-11-24(36-27)18-7-10-26(33-15-18)34-19-5-3-2-4-6-19/h7-13,15,19,21-22H,2-6,14,16-17H2,1H3,(H,33,34)(H,32,35,36)/t21-,22-/m0/s1. The number of hydrogen-bond donors (Lipinski definition) is 2. The third kappa shape index (κ3) is 5.14. The molecular formula is C28H32F3N7. The van der Waals surface area contributed by atoms with Crippen LogP contribution in [0.4, 0.5) is 36.3 Å². The zero-order chi connectivity index (χ0) is 26.3. The van der Waals surface area contributed by atoms with Gasteiger partial charge in [0.25, 0.3) is 0 Å². The molecule has 1 aliphatic carbocycles. The summed E-state index contributed by atoms with van der Waals surface area (Å²) in [6.45, 7) is 1.40. The molecule has 1 aromatic carbocycles. The van der Waals surface area contributed by atoms with Gasteiger partial charge >= 0.3 is 6.18 Å². The Bertz CT molecular complexity index is 1270. The predicted molar refractivity (Wildman–Crippen MR) is 143 cm³/mol. The summed E-state index contributed by atoms with van der Waals surface area (Å²) in [6.07, 6.45) is 5.91. The number of anilines is 4. The van der Waals surface area contributed by atoms with E-state index in [1.54, 1.807) is 30.6 Å². The number of aromatic nitrogens is 3. The molecular weight excluding hydrogens is 491 g/mol. The number of alkyl halides is 3. The lowest BCUT2D eigenvalue weighted by Crippen LogP contribution is -2.45. The maximum Gasteiger partial charge on any atom is 0.418 e. The predicted octanol–water partition coefficient (Wildman–Crippen LogP) is 5.94. The average Bonchev–Trinajstić information content (AvgIpc) is 3.49. The number of nitrogens with one attached hydrogen (secondary N) is 2. The van der Waals surface area contributed by atoms with Crippen molar-refractivity contribution >= 4 is 23.1 Å². The quantitative estimate of drug-likeness (QED) is 0.415. The van der Waals surface area contributed by atoms with Gasteiger partial charge in [-0.25, -0.2) is 15.0 Å². The zero-order valence-corrected chi connectivity index (χ0v) is 21.4. The molecule has 2 N–H and O–H groups in total. The number of likely N-dealkylation sites (N-methyl/N-ethyl adjacent to an activating group) is 1. The van der Waals surface area contributed by atoms with Gasteiger partial charge in [0.05, 0.1) is 11.3 Å². The van der Waals surface area contributed by atoms with Gasteiger partial charge < -0.3 is 15.5 Å². The van der Waals surface area contributed by atoms with Crippen LogP contribution in [0.5, 0.6) is 0 Å². The molecule has 0 amide bonds. The Kier molecular flexibility index (Phi) is 6.59. The van der Waals surface area contributed by atoms with Crippen LogP contribution in [-0.2, 0) is 6.18 Å². The van der Waals surface area contributed by atoms with E-state index >= 15 is 0 Å². The Hall–Kier alpha value is -3.40. The van der Waals surface area contributed by atoms with E-state index in [-0.39, 0.29) is 17.7 Å². The lowest BCUT2D eigenvalue weighted by molar-refractivity contribution is -0.137. The van der Waals surface area contributed by atoms with Gasteiger partial charge in [0.15, 0.2) is 0 Å². The maximum absolute atomic E-state index is 14.1. The summed E-state index contributed by atoms with van der Waals surface area (Å²) in [4.78, 5) is 17.5. The molecule has 38 heavy (non-hydrogen) atoms. The summed E-state index contributed by atoms with van der Waals surface area (Å²) in [5, 5.41) is 6.47. The molecule has 4 heterocycles. The first-order chi connectivity index (χ1) is 18.3. The van der Waals surface area contributed by atoms with Gasteiger partial charge in [0, 0.05) is 60.5 Å². The van der Waals surface area contributed by atoms with E-state index in [1.165, 1.54) is 19.3 Å². The molecule has 2 atom stereocenters. The summed E-state index contributed by atoms with van der Waals surface area (Å²) in [5.74, 6) is 1.07. The van der Waals surface area contributed by atoms with E-state index in [0.717, 1.165) is 43.3 Å². The number of halogens is 3. The topological polar surface area (TPSA) is 69.2 Å². The Morgan fingerprint density at radius 3 is 2.47 bits per heavy atom. The first-order valence-electron chi connectivity index (χ1n) is 13.3. The van der Waals surface area contributed by atoms with Crippen LogP contribution in [0.1, 0.15) is 44.1 Å². The molecule has 3 fully saturated rings. The van der Waals surface area contributed by atoms with E-state index in [2.05, 4.69) is 30.5 Å². The second-order valence-corrected chi connectivity index (χ2v) is 10.7. The number of pyridine rings is 1. The molecule has 2 saturated heterocycles. The first-order valence-corrected chi connectivity index (χ1v) is 13.3. The van der Waals surface area contributed by atoms with Crippen molar-refractivity contribution in [2.75, 3.05) is 35.7 Å². The van der Waals surface area contributed by atoms with Crippen LogP contribution < -0.4 is 15.5 Å². The molecule has 0 unspecified atom stereocenters. The Labute approximate surface area is 220 Å². The molecule has 1 saturated carbocycles. The van der Waals surface area contributed by atoms with Crippen LogP contribution in [0.3, 0.4) is 0 Å². The smallest absolute Gasteiger partial charge is 0.367 e. The van der Waals surface area contributed by atoms with Gasteiger partial charge in [-0.15, -0.1) is 0 Å². The fourth-order valence-electron chi connectivity index (χ4n) is 6.05. The minimum absolute atomic E-state index is 0.114. The van der Waals surface area contributed by atoms with Crippen LogP contribution >= 0.6 is 0 Å². The fraction of sp³-hybridized carbons (Fsp3) is 0.464. The van der Waals surface area contributed by atoms with Gasteiger partial charge in [0.1, 0.15) is 5.82 Å². The van der Waals surface area contributed by atoms with Crippen molar-refractivity contribution in [2.45, 2.75) is 62.8 Å². The average molecular weight is 524 g/mol. The SMILES string of the molecule is CN1C[C@@H]2C[C@H]1CN2c1ccc(Nc2nccc(-c3ccc(NC4CCCCC4)nc3)n2)cc1C(F)(F)F. The molecule has 10 heteroatoms. The monoisotopic (exact) mass is 523 g/mol. The number of fused-ring (bicyclic) bond motifs is 2. The van der Waals surface area contributed by atoms with Crippen LogP contribution in [0.15, 0.2) is 48.8 Å². The van der Waals surface area contributed by atoms with Crippen molar-refractivity contribution in [3.8, 4) is 11.3 Å². The maximum atomic E-state index is 14.1. The number of hydrogen-bond acceptors (Lipinski definition) is 7. The highest BCUT2D eigenvalue weighted by Gasteiger charge is 2.44. The largest absolute Gasteiger partial charge is 0.418 e. The van der Waals surface area contributed by atoms with Crippen molar-refractivity contribution in [3.63, 3.8) is 0 Å². The molecule has 2 bridgehead atoms. The Morgan fingerprint density at radius 1 is 0.947 bits per heavy atom. The zero-order valence-electron chi connectivity index (χ0n) is 21.4. The normalized spacial score (nSPS) is 22.2.